The SMILES string of the molecule is N#Cc1ccc(OC[C@@H]2CN3Cc4ccccc4C[C@H]3C(=O)O2)cc1. The van der Waals surface area contributed by atoms with Crippen LogP contribution < -0.4 is 4.74 Å². The summed E-state index contributed by atoms with van der Waals surface area (Å²) in [5, 5.41) is 8.82. The van der Waals surface area contributed by atoms with Crippen LogP contribution in [0.4, 0.5) is 0 Å². The molecule has 2 aliphatic rings. The molecule has 0 amide bonds. The van der Waals surface area contributed by atoms with Gasteiger partial charge in [0.2, 0.25) is 0 Å². The van der Waals surface area contributed by atoms with Gasteiger partial charge in [-0.1, -0.05) is 24.3 Å². The molecule has 0 unspecified atom stereocenters. The van der Waals surface area contributed by atoms with E-state index in [1.165, 1.54) is 11.1 Å². The van der Waals surface area contributed by atoms with E-state index < -0.39 is 0 Å². The quantitative estimate of drug-likeness (QED) is 0.806. The molecule has 126 valence electrons. The smallest absolute Gasteiger partial charge is 0.324 e. The third kappa shape index (κ3) is 3.21. The van der Waals surface area contributed by atoms with Crippen LogP contribution in [-0.4, -0.2) is 36.2 Å². The van der Waals surface area contributed by atoms with Gasteiger partial charge in [0.25, 0.3) is 0 Å². The summed E-state index contributed by atoms with van der Waals surface area (Å²) in [6.45, 7) is 1.74. The van der Waals surface area contributed by atoms with Gasteiger partial charge >= 0.3 is 5.97 Å². The van der Waals surface area contributed by atoms with Gasteiger partial charge in [0, 0.05) is 13.1 Å². The van der Waals surface area contributed by atoms with Gasteiger partial charge in [-0.2, -0.15) is 5.26 Å². The lowest BCUT2D eigenvalue weighted by Crippen LogP contribution is -2.56. The zero-order valence-electron chi connectivity index (χ0n) is 13.7. The van der Waals surface area contributed by atoms with E-state index in [1.807, 2.05) is 12.1 Å². The Balaban J connectivity index is 1.41. The van der Waals surface area contributed by atoms with E-state index in [-0.39, 0.29) is 18.1 Å². The average Bonchev–Trinajstić information content (AvgIpc) is 2.65. The molecule has 0 aliphatic carbocycles. The van der Waals surface area contributed by atoms with Crippen LogP contribution in [0.5, 0.6) is 5.75 Å². The van der Waals surface area contributed by atoms with Gasteiger partial charge in [-0.05, 0) is 41.8 Å². The van der Waals surface area contributed by atoms with Crippen molar-refractivity contribution in [2.24, 2.45) is 0 Å². The minimum atomic E-state index is -0.287. The predicted octanol–water partition coefficient (Wildman–Crippen LogP) is 2.29. The first-order valence-corrected chi connectivity index (χ1v) is 8.37. The summed E-state index contributed by atoms with van der Waals surface area (Å²) in [7, 11) is 0. The Bertz CT molecular complexity index is 826. The Morgan fingerprint density at radius 2 is 1.92 bits per heavy atom. The molecule has 2 aromatic rings. The summed E-state index contributed by atoms with van der Waals surface area (Å²) in [6, 6.07) is 17.0. The third-order valence-corrected chi connectivity index (χ3v) is 4.76. The molecule has 2 aromatic carbocycles. The van der Waals surface area contributed by atoms with E-state index in [0.717, 1.165) is 6.54 Å². The number of morpholine rings is 1. The average molecular weight is 334 g/mol. The number of carbonyl (C=O) groups is 1. The number of carbonyl (C=O) groups excluding carboxylic acids is 1. The third-order valence-electron chi connectivity index (χ3n) is 4.76. The molecule has 2 atom stereocenters. The molecule has 2 aliphatic heterocycles. The van der Waals surface area contributed by atoms with Crippen molar-refractivity contribution in [2.75, 3.05) is 13.2 Å². The second kappa shape index (κ2) is 6.58. The van der Waals surface area contributed by atoms with Crippen LogP contribution in [0.15, 0.2) is 48.5 Å². The topological polar surface area (TPSA) is 62.6 Å². The first kappa shape index (κ1) is 15.7. The molecule has 5 nitrogen and oxygen atoms in total. The maximum absolute atomic E-state index is 12.4. The highest BCUT2D eigenvalue weighted by molar-refractivity contribution is 5.77. The largest absolute Gasteiger partial charge is 0.490 e. The molecule has 1 saturated heterocycles. The van der Waals surface area contributed by atoms with Gasteiger partial charge in [-0.15, -0.1) is 0 Å². The lowest BCUT2D eigenvalue weighted by atomic mass is 9.93. The van der Waals surface area contributed by atoms with Crippen molar-refractivity contribution in [1.82, 2.24) is 4.90 Å². The summed E-state index contributed by atoms with van der Waals surface area (Å²) in [4.78, 5) is 14.6. The number of hydrogen-bond acceptors (Lipinski definition) is 5. The van der Waals surface area contributed by atoms with Crippen molar-refractivity contribution in [3.05, 3.63) is 65.2 Å². The van der Waals surface area contributed by atoms with Crippen molar-refractivity contribution >= 4 is 5.97 Å². The fourth-order valence-corrected chi connectivity index (χ4v) is 3.44. The molecule has 0 aromatic heterocycles. The van der Waals surface area contributed by atoms with Crippen LogP contribution in [0.3, 0.4) is 0 Å². The Morgan fingerprint density at radius 3 is 2.68 bits per heavy atom. The number of hydrogen-bond donors (Lipinski definition) is 0. The van der Waals surface area contributed by atoms with Crippen LogP contribution in [0.25, 0.3) is 0 Å². The van der Waals surface area contributed by atoms with Crippen molar-refractivity contribution < 1.29 is 14.3 Å². The zero-order chi connectivity index (χ0) is 17.2. The van der Waals surface area contributed by atoms with Gasteiger partial charge in [-0.25, -0.2) is 0 Å². The molecule has 0 N–H and O–H groups in total. The summed E-state index contributed by atoms with van der Waals surface area (Å²) >= 11 is 0. The summed E-state index contributed by atoms with van der Waals surface area (Å²) in [6.07, 6.45) is 0.419. The molecular formula is C20H18N2O3. The number of nitrogens with zero attached hydrogens (tertiary/aromatic N) is 2. The number of esters is 1. The maximum atomic E-state index is 12.4. The molecular weight excluding hydrogens is 316 g/mol. The number of rotatable bonds is 3. The number of nitriles is 1. The van der Waals surface area contributed by atoms with Gasteiger partial charge in [-0.3, -0.25) is 9.69 Å². The van der Waals surface area contributed by atoms with E-state index in [0.29, 0.717) is 30.9 Å². The number of fused-ring (bicyclic) bond motifs is 2. The van der Waals surface area contributed by atoms with Crippen molar-refractivity contribution in [3.63, 3.8) is 0 Å². The molecule has 2 heterocycles. The molecule has 0 spiro atoms. The molecule has 5 heteroatoms. The highest BCUT2D eigenvalue weighted by Gasteiger charge is 2.39. The van der Waals surface area contributed by atoms with Crippen LogP contribution in [0.1, 0.15) is 16.7 Å². The zero-order valence-corrected chi connectivity index (χ0v) is 13.7. The second-order valence-electron chi connectivity index (χ2n) is 6.42. The van der Waals surface area contributed by atoms with Crippen LogP contribution in [-0.2, 0) is 22.5 Å². The van der Waals surface area contributed by atoms with E-state index >= 15 is 0 Å². The van der Waals surface area contributed by atoms with E-state index in [1.54, 1.807) is 24.3 Å². The monoisotopic (exact) mass is 334 g/mol. The maximum Gasteiger partial charge on any atom is 0.324 e. The summed E-state index contributed by atoms with van der Waals surface area (Å²) in [5.74, 6) is 0.496. The minimum Gasteiger partial charge on any atom is -0.490 e. The van der Waals surface area contributed by atoms with Crippen molar-refractivity contribution in [3.8, 4) is 11.8 Å². The Hall–Kier alpha value is -2.84. The molecule has 4 rings (SSSR count). The van der Waals surface area contributed by atoms with Crippen LogP contribution in [0, 0.1) is 11.3 Å². The minimum absolute atomic E-state index is 0.172. The lowest BCUT2D eigenvalue weighted by molar-refractivity contribution is -0.169. The normalized spacial score (nSPS) is 22.3. The van der Waals surface area contributed by atoms with Gasteiger partial charge in [0.1, 0.15) is 24.5 Å². The summed E-state index contributed by atoms with van der Waals surface area (Å²) < 4.78 is 11.3. The van der Waals surface area contributed by atoms with Gasteiger partial charge in [0.05, 0.1) is 11.6 Å². The Labute approximate surface area is 146 Å². The molecule has 25 heavy (non-hydrogen) atoms. The van der Waals surface area contributed by atoms with Crippen molar-refractivity contribution in [1.29, 1.82) is 5.26 Å². The fourth-order valence-electron chi connectivity index (χ4n) is 3.44. The predicted molar refractivity (Wildman–Crippen MR) is 90.9 cm³/mol. The number of ether oxygens (including phenoxy) is 2. The highest BCUT2D eigenvalue weighted by atomic mass is 16.6. The molecule has 0 saturated carbocycles. The van der Waals surface area contributed by atoms with E-state index in [9.17, 15) is 4.79 Å². The lowest BCUT2D eigenvalue weighted by Gasteiger charge is -2.41. The van der Waals surface area contributed by atoms with Gasteiger partial charge < -0.3 is 9.47 Å². The second-order valence-corrected chi connectivity index (χ2v) is 6.42. The number of benzene rings is 2. The van der Waals surface area contributed by atoms with Crippen molar-refractivity contribution in [2.45, 2.75) is 25.1 Å². The van der Waals surface area contributed by atoms with Crippen LogP contribution in [0.2, 0.25) is 0 Å². The Kier molecular flexibility index (Phi) is 4.12. The van der Waals surface area contributed by atoms with Crippen LogP contribution >= 0.6 is 0 Å². The molecule has 0 radical (unpaired) electrons. The standard InChI is InChI=1S/C20H18N2O3/c21-10-14-5-7-17(8-6-14)24-13-18-12-22-11-16-4-2-1-3-15(16)9-19(22)20(23)25-18/h1-8,18-19H,9,11-13H2/t18-,19-/m0/s1. The van der Waals surface area contributed by atoms with E-state index in [4.69, 9.17) is 14.7 Å². The Morgan fingerprint density at radius 1 is 1.16 bits per heavy atom. The first-order valence-electron chi connectivity index (χ1n) is 8.37. The first-order chi connectivity index (χ1) is 12.2. The number of cyclic esters (lactones) is 1. The van der Waals surface area contributed by atoms with Gasteiger partial charge in [0.15, 0.2) is 0 Å². The highest BCUT2D eigenvalue weighted by Crippen LogP contribution is 2.27. The molecule has 1 fully saturated rings. The van der Waals surface area contributed by atoms with E-state index in [2.05, 4.69) is 23.1 Å². The molecule has 0 bridgehead atoms. The summed E-state index contributed by atoms with van der Waals surface area (Å²) in [5.41, 5.74) is 3.10. The fraction of sp³-hybridized carbons (Fsp3) is 0.300.